The Morgan fingerprint density at radius 3 is 2.48 bits per heavy atom. The molecule has 0 unspecified atom stereocenters. The maximum Gasteiger partial charge on any atom is 0.255 e. The van der Waals surface area contributed by atoms with Crippen LogP contribution in [0.1, 0.15) is 10.4 Å². The van der Waals surface area contributed by atoms with Gasteiger partial charge in [0.25, 0.3) is 5.91 Å². The molecule has 2 aromatic carbocycles. The number of nitrogens with zero attached hydrogens (tertiary/aromatic N) is 2. The van der Waals surface area contributed by atoms with E-state index in [0.717, 1.165) is 22.2 Å². The first-order chi connectivity index (χ1) is 15.3. The van der Waals surface area contributed by atoms with Crippen LogP contribution in [-0.4, -0.2) is 20.9 Å². The van der Waals surface area contributed by atoms with Crippen LogP contribution < -0.4 is 10.1 Å². The first kappa shape index (κ1) is 18.6. The molecule has 0 bridgehead atoms. The molecule has 0 saturated carbocycles. The normalized spacial score (nSPS) is 10.7. The summed E-state index contributed by atoms with van der Waals surface area (Å²) in [7, 11) is 0. The molecule has 3 aromatic heterocycles. The first-order valence-corrected chi connectivity index (χ1v) is 9.80. The van der Waals surface area contributed by atoms with Gasteiger partial charge in [-0.05, 0) is 66.2 Å². The number of carbonyl (C=O) groups is 1. The van der Waals surface area contributed by atoms with E-state index in [-0.39, 0.29) is 5.91 Å². The highest BCUT2D eigenvalue weighted by molar-refractivity contribution is 6.04. The van der Waals surface area contributed by atoms with Crippen LogP contribution in [0.4, 0.5) is 5.69 Å². The Morgan fingerprint density at radius 1 is 0.806 bits per heavy atom. The molecule has 0 radical (unpaired) electrons. The summed E-state index contributed by atoms with van der Waals surface area (Å²) in [6.45, 7) is 0. The molecule has 3 heterocycles. The summed E-state index contributed by atoms with van der Waals surface area (Å²) in [5.74, 6) is 0.962. The summed E-state index contributed by atoms with van der Waals surface area (Å²) in [5, 5.41) is 3.88. The van der Waals surface area contributed by atoms with Gasteiger partial charge in [-0.25, -0.2) is 9.97 Å². The molecule has 31 heavy (non-hydrogen) atoms. The average molecular weight is 406 g/mol. The summed E-state index contributed by atoms with van der Waals surface area (Å²) < 4.78 is 6.08. The van der Waals surface area contributed by atoms with E-state index in [1.807, 2.05) is 48.7 Å². The van der Waals surface area contributed by atoms with Crippen molar-refractivity contribution in [2.75, 3.05) is 5.32 Å². The van der Waals surface area contributed by atoms with E-state index in [0.29, 0.717) is 22.9 Å². The molecule has 5 aromatic rings. The van der Waals surface area contributed by atoms with E-state index < -0.39 is 0 Å². The number of aromatic nitrogens is 3. The van der Waals surface area contributed by atoms with Gasteiger partial charge in [-0.15, -0.1) is 0 Å². The number of aromatic amines is 1. The standard InChI is InChI=1S/C25H18N4O2/c30-24(17-5-2-1-3-6-17)29-18-8-10-19(11-9-18)31-25-22(7-4-14-28-25)20-12-15-26-23-21(20)13-16-27-23/h1-16H,(H,26,27)(H,29,30). The lowest BCUT2D eigenvalue weighted by molar-refractivity contribution is 0.102. The van der Waals surface area contributed by atoms with Gasteiger partial charge in [0.1, 0.15) is 11.4 Å². The van der Waals surface area contributed by atoms with Gasteiger partial charge in [-0.1, -0.05) is 18.2 Å². The largest absolute Gasteiger partial charge is 0.438 e. The van der Waals surface area contributed by atoms with Gasteiger partial charge in [0.2, 0.25) is 5.88 Å². The number of rotatable bonds is 5. The Balaban J connectivity index is 1.38. The highest BCUT2D eigenvalue weighted by Gasteiger charge is 2.13. The lowest BCUT2D eigenvalue weighted by atomic mass is 10.1. The van der Waals surface area contributed by atoms with Crippen molar-refractivity contribution in [3.63, 3.8) is 0 Å². The van der Waals surface area contributed by atoms with Crippen LogP contribution in [0.15, 0.2) is 97.5 Å². The van der Waals surface area contributed by atoms with Crippen molar-refractivity contribution >= 4 is 22.6 Å². The predicted molar refractivity (Wildman–Crippen MR) is 120 cm³/mol. The van der Waals surface area contributed by atoms with E-state index in [9.17, 15) is 4.79 Å². The van der Waals surface area contributed by atoms with Gasteiger partial charge in [0, 0.05) is 40.8 Å². The molecule has 0 fully saturated rings. The van der Waals surface area contributed by atoms with Gasteiger partial charge in [-0.2, -0.15) is 0 Å². The van der Waals surface area contributed by atoms with Crippen molar-refractivity contribution in [2.24, 2.45) is 0 Å². The van der Waals surface area contributed by atoms with Crippen molar-refractivity contribution < 1.29 is 9.53 Å². The maximum atomic E-state index is 12.3. The fraction of sp³-hybridized carbons (Fsp3) is 0. The molecule has 0 aliphatic carbocycles. The number of fused-ring (bicyclic) bond motifs is 1. The molecule has 0 aliphatic rings. The van der Waals surface area contributed by atoms with Gasteiger partial charge in [0.05, 0.1) is 0 Å². The van der Waals surface area contributed by atoms with E-state index in [1.165, 1.54) is 0 Å². The molecule has 0 spiro atoms. The fourth-order valence-electron chi connectivity index (χ4n) is 3.38. The van der Waals surface area contributed by atoms with Crippen LogP contribution in [0.3, 0.4) is 0 Å². The molecule has 0 aliphatic heterocycles. The summed E-state index contributed by atoms with van der Waals surface area (Å²) in [4.78, 5) is 24.2. The monoisotopic (exact) mass is 406 g/mol. The molecule has 0 atom stereocenters. The number of hydrogen-bond donors (Lipinski definition) is 2. The van der Waals surface area contributed by atoms with E-state index in [2.05, 4.69) is 20.3 Å². The van der Waals surface area contributed by atoms with Crippen LogP contribution >= 0.6 is 0 Å². The van der Waals surface area contributed by atoms with Crippen molar-refractivity contribution in [1.82, 2.24) is 15.0 Å². The molecule has 150 valence electrons. The number of nitrogens with one attached hydrogen (secondary N) is 2. The van der Waals surface area contributed by atoms with Gasteiger partial charge >= 0.3 is 0 Å². The van der Waals surface area contributed by atoms with Crippen LogP contribution in [0.25, 0.3) is 22.2 Å². The number of benzene rings is 2. The Bertz CT molecular complexity index is 1350. The second-order valence-electron chi connectivity index (χ2n) is 6.90. The van der Waals surface area contributed by atoms with Gasteiger partial charge in [-0.3, -0.25) is 4.79 Å². The Morgan fingerprint density at radius 2 is 1.65 bits per heavy atom. The number of H-pyrrole nitrogens is 1. The molecule has 0 saturated heterocycles. The van der Waals surface area contributed by atoms with Crippen LogP contribution in [0, 0.1) is 0 Å². The summed E-state index contributed by atoms with van der Waals surface area (Å²) in [6, 6.07) is 24.1. The Labute approximate surface area is 178 Å². The van der Waals surface area contributed by atoms with Gasteiger partial charge < -0.3 is 15.0 Å². The molecular weight excluding hydrogens is 388 g/mol. The van der Waals surface area contributed by atoms with Crippen molar-refractivity contribution in [2.45, 2.75) is 0 Å². The second kappa shape index (κ2) is 8.12. The maximum absolute atomic E-state index is 12.3. The lowest BCUT2D eigenvalue weighted by Crippen LogP contribution is -2.11. The quantitative estimate of drug-likeness (QED) is 0.394. The molecule has 2 N–H and O–H groups in total. The number of ether oxygens (including phenoxy) is 1. The number of anilines is 1. The SMILES string of the molecule is O=C(Nc1ccc(Oc2ncccc2-c2ccnc3[nH]ccc23)cc1)c1ccccc1. The van der Waals surface area contributed by atoms with Crippen molar-refractivity contribution in [1.29, 1.82) is 0 Å². The van der Waals surface area contributed by atoms with E-state index >= 15 is 0 Å². The van der Waals surface area contributed by atoms with Crippen LogP contribution in [0.5, 0.6) is 11.6 Å². The smallest absolute Gasteiger partial charge is 0.255 e. The van der Waals surface area contributed by atoms with Gasteiger partial charge in [0.15, 0.2) is 0 Å². The minimum absolute atomic E-state index is 0.158. The number of amides is 1. The second-order valence-corrected chi connectivity index (χ2v) is 6.90. The molecule has 5 rings (SSSR count). The highest BCUT2D eigenvalue weighted by atomic mass is 16.5. The summed E-state index contributed by atoms with van der Waals surface area (Å²) in [6.07, 6.45) is 5.32. The molecule has 1 amide bonds. The molecular formula is C25H18N4O2. The lowest BCUT2D eigenvalue weighted by Gasteiger charge is -2.11. The average Bonchev–Trinajstić information content (AvgIpc) is 3.30. The minimum atomic E-state index is -0.158. The van der Waals surface area contributed by atoms with E-state index in [1.54, 1.807) is 48.8 Å². The fourth-order valence-corrected chi connectivity index (χ4v) is 3.38. The third kappa shape index (κ3) is 3.86. The molecule has 6 heteroatoms. The first-order valence-electron chi connectivity index (χ1n) is 9.80. The summed E-state index contributed by atoms with van der Waals surface area (Å²) >= 11 is 0. The van der Waals surface area contributed by atoms with Crippen molar-refractivity contribution in [3.05, 3.63) is 103 Å². The third-order valence-electron chi connectivity index (χ3n) is 4.88. The Kier molecular flexibility index (Phi) is 4.86. The zero-order valence-electron chi connectivity index (χ0n) is 16.4. The third-order valence-corrected chi connectivity index (χ3v) is 4.88. The van der Waals surface area contributed by atoms with Crippen molar-refractivity contribution in [3.8, 4) is 22.8 Å². The highest BCUT2D eigenvalue weighted by Crippen LogP contribution is 2.35. The Hall–Kier alpha value is -4.45. The zero-order chi connectivity index (χ0) is 21.0. The van der Waals surface area contributed by atoms with Crippen LogP contribution in [0.2, 0.25) is 0 Å². The number of carbonyl (C=O) groups excluding carboxylic acids is 1. The minimum Gasteiger partial charge on any atom is -0.438 e. The van der Waals surface area contributed by atoms with Crippen LogP contribution in [-0.2, 0) is 0 Å². The zero-order valence-corrected chi connectivity index (χ0v) is 16.4. The van der Waals surface area contributed by atoms with E-state index in [4.69, 9.17) is 4.74 Å². The number of hydrogen-bond acceptors (Lipinski definition) is 4. The topological polar surface area (TPSA) is 79.9 Å². The summed E-state index contributed by atoms with van der Waals surface area (Å²) in [5.41, 5.74) is 3.96. The molecule has 6 nitrogen and oxygen atoms in total. The number of pyridine rings is 2. The predicted octanol–water partition coefficient (Wildman–Crippen LogP) is 5.67.